The van der Waals surface area contributed by atoms with E-state index in [1.54, 1.807) is 0 Å². The summed E-state index contributed by atoms with van der Waals surface area (Å²) in [6.45, 7) is 4.91. The minimum absolute atomic E-state index is 0.503. The van der Waals surface area contributed by atoms with Crippen molar-refractivity contribution in [3.63, 3.8) is 0 Å². The van der Waals surface area contributed by atoms with Crippen molar-refractivity contribution in [3.05, 3.63) is 0 Å². The average molecular weight is 255 g/mol. The average Bonchev–Trinajstić information content (AvgIpc) is 2.65. The molecule has 0 amide bonds. The number of anilines is 2. The zero-order valence-corrected chi connectivity index (χ0v) is 11.3. The van der Waals surface area contributed by atoms with E-state index >= 15 is 0 Å². The maximum Gasteiger partial charge on any atom is 0.197 e. The van der Waals surface area contributed by atoms with Gasteiger partial charge < -0.3 is 15.8 Å². The van der Waals surface area contributed by atoms with Gasteiger partial charge in [-0.15, -0.1) is 0 Å². The number of rotatable bonds is 4. The molecule has 3 N–H and O–H groups in total. The van der Waals surface area contributed by atoms with Gasteiger partial charge in [0.15, 0.2) is 16.6 Å². The highest BCUT2D eigenvalue weighted by atomic mass is 32.1. The number of nitrogens with one attached hydrogen (secondary N) is 1. The predicted octanol–water partition coefficient (Wildman–Crippen LogP) is 3.11. The first kappa shape index (κ1) is 12.5. The van der Waals surface area contributed by atoms with Gasteiger partial charge in [-0.05, 0) is 50.1 Å². The molecule has 0 aliphatic heterocycles. The Hall–Kier alpha value is -0.970. The molecule has 17 heavy (non-hydrogen) atoms. The van der Waals surface area contributed by atoms with E-state index in [1.165, 1.54) is 37.2 Å². The molecule has 0 aromatic carbocycles. The summed E-state index contributed by atoms with van der Waals surface area (Å²) in [6.07, 6.45) is 5.06. The molecule has 4 nitrogen and oxygen atoms in total. The van der Waals surface area contributed by atoms with Gasteiger partial charge in [0.25, 0.3) is 0 Å². The fourth-order valence-corrected chi connectivity index (χ4v) is 3.00. The van der Waals surface area contributed by atoms with Crippen molar-refractivity contribution in [2.75, 3.05) is 17.7 Å². The van der Waals surface area contributed by atoms with E-state index in [0.717, 1.165) is 16.7 Å². The number of nitrogens with zero attached hydrogens (tertiary/aromatic N) is 1. The molecule has 1 aliphatic carbocycles. The topological polar surface area (TPSA) is 60.2 Å². The normalized spacial score (nSPS) is 24.6. The number of hydrogen-bond acceptors (Lipinski definition) is 5. The molecule has 0 unspecified atom stereocenters. The smallest absolute Gasteiger partial charge is 0.197 e. The maximum atomic E-state index is 5.79. The molecule has 1 aromatic heterocycles. The van der Waals surface area contributed by atoms with Crippen molar-refractivity contribution in [1.29, 1.82) is 0 Å². The monoisotopic (exact) mass is 255 g/mol. The van der Waals surface area contributed by atoms with Crippen molar-refractivity contribution in [1.82, 2.24) is 4.37 Å². The summed E-state index contributed by atoms with van der Waals surface area (Å²) < 4.78 is 9.68. The van der Waals surface area contributed by atoms with Crippen LogP contribution in [0.25, 0.3) is 0 Å². The molecule has 96 valence electrons. The molecular weight excluding hydrogens is 234 g/mol. The van der Waals surface area contributed by atoms with Crippen LogP contribution in [0, 0.1) is 5.92 Å². The first-order valence-corrected chi connectivity index (χ1v) is 7.12. The van der Waals surface area contributed by atoms with Crippen LogP contribution < -0.4 is 15.8 Å². The highest BCUT2D eigenvalue weighted by Crippen LogP contribution is 2.37. The quantitative estimate of drug-likeness (QED) is 0.868. The van der Waals surface area contributed by atoms with Gasteiger partial charge in [0, 0.05) is 6.04 Å². The third-order valence-corrected chi connectivity index (χ3v) is 4.09. The maximum absolute atomic E-state index is 5.79. The second-order valence-electron chi connectivity index (χ2n) is 4.76. The van der Waals surface area contributed by atoms with Gasteiger partial charge in [-0.25, -0.2) is 0 Å². The zero-order chi connectivity index (χ0) is 12.3. The van der Waals surface area contributed by atoms with Gasteiger partial charge in [0.2, 0.25) is 0 Å². The lowest BCUT2D eigenvalue weighted by molar-refractivity contribution is 0.340. The van der Waals surface area contributed by atoms with Crippen LogP contribution in [0.15, 0.2) is 0 Å². The van der Waals surface area contributed by atoms with Crippen LogP contribution in [0.3, 0.4) is 0 Å². The van der Waals surface area contributed by atoms with Crippen molar-refractivity contribution in [2.45, 2.75) is 45.6 Å². The third-order valence-electron chi connectivity index (χ3n) is 3.31. The zero-order valence-electron chi connectivity index (χ0n) is 10.5. The minimum Gasteiger partial charge on any atom is -0.487 e. The summed E-state index contributed by atoms with van der Waals surface area (Å²) in [5, 5.41) is 4.52. The Morgan fingerprint density at radius 3 is 2.76 bits per heavy atom. The predicted molar refractivity (Wildman–Crippen MR) is 72.7 cm³/mol. The molecule has 1 aromatic rings. The molecule has 1 fully saturated rings. The second-order valence-corrected chi connectivity index (χ2v) is 5.53. The molecule has 5 heteroatoms. The number of aromatic nitrogens is 1. The fourth-order valence-electron chi connectivity index (χ4n) is 2.26. The van der Waals surface area contributed by atoms with Gasteiger partial charge in [-0.3, -0.25) is 0 Å². The van der Waals surface area contributed by atoms with Crippen LogP contribution in [0.2, 0.25) is 0 Å². The Bertz CT molecular complexity index is 359. The summed E-state index contributed by atoms with van der Waals surface area (Å²) in [4.78, 5) is 0. The highest BCUT2D eigenvalue weighted by Gasteiger charge is 2.21. The molecule has 0 radical (unpaired) electrons. The van der Waals surface area contributed by atoms with Crippen LogP contribution in [-0.2, 0) is 0 Å². The van der Waals surface area contributed by atoms with Crippen molar-refractivity contribution in [3.8, 4) is 5.75 Å². The van der Waals surface area contributed by atoms with Gasteiger partial charge >= 0.3 is 0 Å². The van der Waals surface area contributed by atoms with Crippen molar-refractivity contribution >= 4 is 22.4 Å². The molecule has 1 aliphatic rings. The summed E-state index contributed by atoms with van der Waals surface area (Å²) in [6, 6.07) is 0.547. The van der Waals surface area contributed by atoms with Crippen LogP contribution in [0.5, 0.6) is 5.75 Å². The van der Waals surface area contributed by atoms with E-state index in [1.807, 2.05) is 6.92 Å². The van der Waals surface area contributed by atoms with Crippen LogP contribution >= 0.6 is 11.5 Å². The molecule has 2 rings (SSSR count). The SMILES string of the molecule is CCOc1c(N)nsc1NC1CCC(C)CC1. The van der Waals surface area contributed by atoms with Crippen LogP contribution in [-0.4, -0.2) is 17.0 Å². The molecule has 0 spiro atoms. The molecule has 0 atom stereocenters. The molecule has 0 saturated heterocycles. The van der Waals surface area contributed by atoms with E-state index in [-0.39, 0.29) is 0 Å². The van der Waals surface area contributed by atoms with Crippen LogP contribution in [0.4, 0.5) is 10.8 Å². The molecule has 1 saturated carbocycles. The van der Waals surface area contributed by atoms with E-state index in [9.17, 15) is 0 Å². The number of nitrogen functional groups attached to an aromatic ring is 1. The Morgan fingerprint density at radius 2 is 2.12 bits per heavy atom. The van der Waals surface area contributed by atoms with E-state index < -0.39 is 0 Å². The summed E-state index contributed by atoms with van der Waals surface area (Å²) >= 11 is 1.40. The summed E-state index contributed by atoms with van der Waals surface area (Å²) in [5.41, 5.74) is 5.79. The lowest BCUT2D eigenvalue weighted by atomic mass is 9.87. The number of nitrogens with two attached hydrogens (primary N) is 1. The van der Waals surface area contributed by atoms with Crippen molar-refractivity contribution < 1.29 is 4.74 Å². The third kappa shape index (κ3) is 3.03. The first-order valence-electron chi connectivity index (χ1n) is 6.35. The number of hydrogen-bond donors (Lipinski definition) is 2. The lowest BCUT2D eigenvalue weighted by Gasteiger charge is -2.27. The Labute approximate surface area is 107 Å². The fraction of sp³-hybridized carbons (Fsp3) is 0.750. The second kappa shape index (κ2) is 5.58. The van der Waals surface area contributed by atoms with Gasteiger partial charge in [-0.1, -0.05) is 6.92 Å². The molecular formula is C12H21N3OS. The minimum atomic E-state index is 0.503. The van der Waals surface area contributed by atoms with Gasteiger partial charge in [-0.2, -0.15) is 4.37 Å². The Balaban J connectivity index is 1.98. The Morgan fingerprint density at radius 1 is 1.41 bits per heavy atom. The number of ether oxygens (including phenoxy) is 1. The van der Waals surface area contributed by atoms with Crippen molar-refractivity contribution in [2.24, 2.45) is 5.92 Å². The largest absolute Gasteiger partial charge is 0.487 e. The summed E-state index contributed by atoms with van der Waals surface area (Å²) in [5.74, 6) is 2.10. The van der Waals surface area contributed by atoms with Crippen LogP contribution in [0.1, 0.15) is 39.5 Å². The van der Waals surface area contributed by atoms with E-state index in [0.29, 0.717) is 18.5 Å². The van der Waals surface area contributed by atoms with E-state index in [4.69, 9.17) is 10.5 Å². The Kier molecular flexibility index (Phi) is 4.10. The first-order chi connectivity index (χ1) is 8.20. The van der Waals surface area contributed by atoms with Gasteiger partial charge in [0.1, 0.15) is 0 Å². The molecule has 1 heterocycles. The molecule has 0 bridgehead atoms. The lowest BCUT2D eigenvalue weighted by Crippen LogP contribution is -2.24. The summed E-state index contributed by atoms with van der Waals surface area (Å²) in [7, 11) is 0. The van der Waals surface area contributed by atoms with Gasteiger partial charge in [0.05, 0.1) is 6.61 Å². The van der Waals surface area contributed by atoms with E-state index in [2.05, 4.69) is 16.6 Å². The highest BCUT2D eigenvalue weighted by molar-refractivity contribution is 7.11. The standard InChI is InChI=1S/C12H21N3OS/c1-3-16-10-11(13)15-17-12(10)14-9-6-4-8(2)5-7-9/h8-9,14H,3-7H2,1-2H3,(H2,13,15).